The summed E-state index contributed by atoms with van der Waals surface area (Å²) >= 11 is 0. The number of aromatic nitrogens is 1. The number of hydrogen-bond donors (Lipinski definition) is 1. The van der Waals surface area contributed by atoms with Crippen molar-refractivity contribution in [3.05, 3.63) is 66.4 Å². The Morgan fingerprint density at radius 2 is 1.74 bits per heavy atom. The first-order valence-corrected chi connectivity index (χ1v) is 8.97. The average molecular weight is 328 g/mol. The van der Waals surface area contributed by atoms with E-state index in [1.54, 1.807) is 24.3 Å². The van der Waals surface area contributed by atoms with Crippen LogP contribution < -0.4 is 5.32 Å². The number of anilines is 1. The molecule has 1 aromatic heterocycles. The fourth-order valence-corrected chi connectivity index (χ4v) is 3.12. The zero-order chi connectivity index (χ0) is 16.3. The molecule has 0 amide bonds. The zero-order valence-electron chi connectivity index (χ0n) is 12.6. The van der Waals surface area contributed by atoms with Crippen LogP contribution in [-0.4, -0.2) is 19.8 Å². The van der Waals surface area contributed by atoms with Gasteiger partial charge in [0.2, 0.25) is 0 Å². The number of para-hydroxylation sites is 1. The molecule has 0 fully saturated rings. The van der Waals surface area contributed by atoms with Gasteiger partial charge in [-0.05, 0) is 12.1 Å². The fourth-order valence-electron chi connectivity index (χ4n) is 2.26. The second kappa shape index (κ2) is 6.26. The summed E-state index contributed by atoms with van der Waals surface area (Å²) in [5.74, 6) is 0.679. The highest BCUT2D eigenvalue weighted by molar-refractivity contribution is 7.90. The topological polar surface area (TPSA) is 72.2 Å². The van der Waals surface area contributed by atoms with Crippen molar-refractivity contribution in [1.29, 1.82) is 0 Å². The summed E-state index contributed by atoms with van der Waals surface area (Å²) < 4.78 is 28.9. The lowest BCUT2D eigenvalue weighted by Gasteiger charge is -2.09. The molecule has 0 aliphatic heterocycles. The smallest absolute Gasteiger partial charge is 0.177 e. The predicted molar refractivity (Wildman–Crippen MR) is 88.8 cm³/mol. The highest BCUT2D eigenvalue weighted by Crippen LogP contribution is 2.23. The minimum atomic E-state index is -3.28. The summed E-state index contributed by atoms with van der Waals surface area (Å²) in [5.41, 5.74) is 2.20. The Hall–Kier alpha value is -2.60. The third-order valence-electron chi connectivity index (χ3n) is 3.36. The van der Waals surface area contributed by atoms with Crippen molar-refractivity contribution in [1.82, 2.24) is 5.16 Å². The average Bonchev–Trinajstić information content (AvgIpc) is 3.02. The lowest BCUT2D eigenvalue weighted by Crippen LogP contribution is -2.06. The molecule has 3 aromatic rings. The molecule has 0 saturated carbocycles. The number of nitrogens with zero attached hydrogens (tertiary/aromatic N) is 1. The van der Waals surface area contributed by atoms with Gasteiger partial charge in [-0.2, -0.15) is 0 Å². The quantitative estimate of drug-likeness (QED) is 0.777. The van der Waals surface area contributed by atoms with Gasteiger partial charge in [0.25, 0.3) is 0 Å². The summed E-state index contributed by atoms with van der Waals surface area (Å²) in [6.07, 6.45) is 1.19. The summed E-state index contributed by atoms with van der Waals surface area (Å²) in [7, 11) is -3.28. The van der Waals surface area contributed by atoms with E-state index >= 15 is 0 Å². The summed E-state index contributed by atoms with van der Waals surface area (Å²) in [5, 5.41) is 7.11. The zero-order valence-corrected chi connectivity index (χ0v) is 13.4. The van der Waals surface area contributed by atoms with Crippen molar-refractivity contribution in [2.24, 2.45) is 0 Å². The molecule has 0 spiro atoms. The van der Waals surface area contributed by atoms with Gasteiger partial charge in [-0.3, -0.25) is 0 Å². The normalized spacial score (nSPS) is 11.3. The first-order chi connectivity index (χ1) is 11.0. The van der Waals surface area contributed by atoms with Crippen molar-refractivity contribution >= 4 is 15.5 Å². The summed E-state index contributed by atoms with van der Waals surface area (Å²) in [6.45, 7) is 0.378. The third-order valence-corrected chi connectivity index (χ3v) is 4.52. The summed E-state index contributed by atoms with van der Waals surface area (Å²) in [4.78, 5) is 0.270. The van der Waals surface area contributed by atoms with Crippen LogP contribution >= 0.6 is 0 Å². The van der Waals surface area contributed by atoms with Crippen LogP contribution in [0.3, 0.4) is 0 Å². The minimum Gasteiger partial charge on any atom is -0.378 e. The maximum absolute atomic E-state index is 11.8. The van der Waals surface area contributed by atoms with Crippen molar-refractivity contribution in [2.75, 3.05) is 11.6 Å². The molecule has 3 rings (SSSR count). The SMILES string of the molecule is CS(=O)(=O)c1ccccc1NCc1cc(-c2ccccc2)on1. The monoisotopic (exact) mass is 328 g/mol. The Kier molecular flexibility index (Phi) is 4.16. The number of hydrogen-bond acceptors (Lipinski definition) is 5. The van der Waals surface area contributed by atoms with Crippen molar-refractivity contribution in [3.63, 3.8) is 0 Å². The van der Waals surface area contributed by atoms with Crippen molar-refractivity contribution < 1.29 is 12.9 Å². The molecule has 2 aromatic carbocycles. The molecule has 0 bridgehead atoms. The molecule has 1 N–H and O–H groups in total. The van der Waals surface area contributed by atoms with Gasteiger partial charge in [-0.1, -0.05) is 47.6 Å². The molecule has 118 valence electrons. The van der Waals surface area contributed by atoms with E-state index in [0.29, 0.717) is 23.7 Å². The van der Waals surface area contributed by atoms with Gasteiger partial charge in [0.15, 0.2) is 15.6 Å². The number of rotatable bonds is 5. The Morgan fingerprint density at radius 1 is 1.04 bits per heavy atom. The third kappa shape index (κ3) is 3.60. The Labute approximate surface area is 134 Å². The number of benzene rings is 2. The van der Waals surface area contributed by atoms with Crippen molar-refractivity contribution in [2.45, 2.75) is 11.4 Å². The molecule has 0 atom stereocenters. The van der Waals surface area contributed by atoms with Gasteiger partial charge in [-0.25, -0.2) is 8.42 Å². The first-order valence-electron chi connectivity index (χ1n) is 7.08. The molecular formula is C17H16N2O3S. The molecule has 0 saturated heterocycles. The van der Waals surface area contributed by atoms with E-state index in [4.69, 9.17) is 4.52 Å². The van der Waals surface area contributed by atoms with Gasteiger partial charge in [-0.15, -0.1) is 0 Å². The van der Waals surface area contributed by atoms with Crippen LogP contribution in [0.4, 0.5) is 5.69 Å². The minimum absolute atomic E-state index is 0.270. The highest BCUT2D eigenvalue weighted by atomic mass is 32.2. The van der Waals surface area contributed by atoms with Crippen molar-refractivity contribution in [3.8, 4) is 11.3 Å². The lowest BCUT2D eigenvalue weighted by molar-refractivity contribution is 0.424. The van der Waals surface area contributed by atoms with Gasteiger partial charge in [0.1, 0.15) is 5.69 Å². The largest absolute Gasteiger partial charge is 0.378 e. The van der Waals surface area contributed by atoms with Crippen LogP contribution in [0.2, 0.25) is 0 Å². The predicted octanol–water partition coefficient (Wildman–Crippen LogP) is 3.36. The van der Waals surface area contributed by atoms with Gasteiger partial charge >= 0.3 is 0 Å². The van der Waals surface area contributed by atoms with Gasteiger partial charge in [0.05, 0.1) is 17.1 Å². The maximum atomic E-state index is 11.8. The van der Waals surface area contributed by atoms with Crippen LogP contribution in [0.15, 0.2) is 70.1 Å². The maximum Gasteiger partial charge on any atom is 0.177 e. The number of nitrogens with one attached hydrogen (secondary N) is 1. The van der Waals surface area contributed by atoms with Crippen LogP contribution in [0.5, 0.6) is 0 Å². The van der Waals surface area contributed by atoms with E-state index in [9.17, 15) is 8.42 Å². The fraction of sp³-hybridized carbons (Fsp3) is 0.118. The molecule has 0 aliphatic carbocycles. The van der Waals surface area contributed by atoms with Crippen LogP contribution in [0.25, 0.3) is 11.3 Å². The molecule has 0 unspecified atom stereocenters. The second-order valence-electron chi connectivity index (χ2n) is 5.17. The van der Waals surface area contributed by atoms with E-state index < -0.39 is 9.84 Å². The Balaban J connectivity index is 1.77. The molecule has 5 nitrogen and oxygen atoms in total. The molecular weight excluding hydrogens is 312 g/mol. The highest BCUT2D eigenvalue weighted by Gasteiger charge is 2.13. The van der Waals surface area contributed by atoms with Crippen LogP contribution in [0, 0.1) is 0 Å². The first kappa shape index (κ1) is 15.3. The molecule has 6 heteroatoms. The van der Waals surface area contributed by atoms with Crippen LogP contribution in [-0.2, 0) is 16.4 Å². The standard InChI is InChI=1S/C17H16N2O3S/c1-23(20,21)17-10-6-5-9-15(17)18-12-14-11-16(22-19-14)13-7-3-2-4-8-13/h2-11,18H,12H2,1H3. The van der Waals surface area contributed by atoms with E-state index in [1.165, 1.54) is 6.26 Å². The van der Waals surface area contributed by atoms with E-state index in [-0.39, 0.29) is 4.90 Å². The molecule has 1 heterocycles. The Bertz CT molecular complexity index is 902. The summed E-state index contributed by atoms with van der Waals surface area (Å²) in [6, 6.07) is 18.3. The Morgan fingerprint density at radius 3 is 2.48 bits per heavy atom. The van der Waals surface area contributed by atoms with E-state index in [2.05, 4.69) is 10.5 Å². The molecule has 0 radical (unpaired) electrons. The van der Waals surface area contributed by atoms with Gasteiger partial charge < -0.3 is 9.84 Å². The number of sulfone groups is 1. The molecule has 0 aliphatic rings. The second-order valence-corrected chi connectivity index (χ2v) is 7.15. The molecule has 23 heavy (non-hydrogen) atoms. The van der Waals surface area contributed by atoms with E-state index in [0.717, 1.165) is 5.56 Å². The van der Waals surface area contributed by atoms with Gasteiger partial charge in [0, 0.05) is 17.9 Å². The van der Waals surface area contributed by atoms with E-state index in [1.807, 2.05) is 36.4 Å². The lowest BCUT2D eigenvalue weighted by atomic mass is 10.1. The van der Waals surface area contributed by atoms with Crippen LogP contribution in [0.1, 0.15) is 5.69 Å².